The highest BCUT2D eigenvalue weighted by Gasteiger charge is 2.33. The molecule has 0 aliphatic heterocycles. The zero-order valence-corrected chi connectivity index (χ0v) is 16.0. The number of halogens is 4. The molecule has 0 bridgehead atoms. The van der Waals surface area contributed by atoms with Gasteiger partial charge >= 0.3 is 6.18 Å². The third-order valence-electron chi connectivity index (χ3n) is 3.27. The van der Waals surface area contributed by atoms with Crippen LogP contribution in [0.5, 0.6) is 5.75 Å². The molecule has 1 aromatic carbocycles. The van der Waals surface area contributed by atoms with Crippen molar-refractivity contribution >= 4 is 11.2 Å². The molecule has 2 heterocycles. The van der Waals surface area contributed by atoms with Gasteiger partial charge in [-0.2, -0.15) is 17.6 Å². The van der Waals surface area contributed by atoms with Crippen LogP contribution in [0, 0.1) is 6.08 Å². The van der Waals surface area contributed by atoms with E-state index in [0.717, 1.165) is 16.7 Å². The lowest BCUT2D eigenvalue weighted by Gasteiger charge is -2.21. The fraction of sp³-hybridized carbons (Fsp3) is 0.300. The summed E-state index contributed by atoms with van der Waals surface area (Å²) < 4.78 is 59.4. The van der Waals surface area contributed by atoms with Gasteiger partial charge in [0.05, 0.1) is 5.69 Å². The van der Waals surface area contributed by atoms with Crippen molar-refractivity contribution in [1.82, 2.24) is 14.5 Å². The number of imidazole rings is 1. The number of hydrogen-bond donors (Lipinski definition) is 0. The van der Waals surface area contributed by atoms with Crippen LogP contribution in [0.3, 0.4) is 0 Å². The van der Waals surface area contributed by atoms with E-state index in [1.54, 1.807) is 18.2 Å². The first kappa shape index (κ1) is 21.4. The molecule has 0 radical (unpaired) electrons. The van der Waals surface area contributed by atoms with E-state index in [4.69, 9.17) is 4.74 Å². The highest BCUT2D eigenvalue weighted by atomic mass is 19.4. The van der Waals surface area contributed by atoms with E-state index in [-0.39, 0.29) is 11.2 Å². The van der Waals surface area contributed by atoms with E-state index in [9.17, 15) is 17.6 Å². The van der Waals surface area contributed by atoms with Crippen LogP contribution in [0.4, 0.5) is 17.6 Å². The summed E-state index contributed by atoms with van der Waals surface area (Å²) in [5.74, 6) is 0.560. The summed E-state index contributed by atoms with van der Waals surface area (Å²) in [5, 5.41) is 0. The zero-order valence-electron chi connectivity index (χ0n) is 16.0. The zero-order chi connectivity index (χ0) is 21.1. The van der Waals surface area contributed by atoms with Crippen molar-refractivity contribution in [3.05, 3.63) is 60.8 Å². The monoisotopic (exact) mass is 395 g/mol. The lowest BCUT2D eigenvalue weighted by atomic mass is 10.2. The Morgan fingerprint density at radius 3 is 2.07 bits per heavy atom. The summed E-state index contributed by atoms with van der Waals surface area (Å²) in [6, 6.07) is 8.17. The number of nitrogens with zero attached hydrogens (tertiary/aromatic N) is 3. The summed E-state index contributed by atoms with van der Waals surface area (Å²) in [6.45, 7) is 10.9. The maximum Gasteiger partial charge on any atom is 0.433 e. The standard InChI is InChI=1S/C17H15F4N3O.C3H6/c1-16(2,3)25-11-6-4-10(5-7-11)24-14-12(22-15(24)18)8-9-13(23-14)17(19,20)21;1-3-2/h4-9H,1-3H3;3H,1H2,2H3. The van der Waals surface area contributed by atoms with Crippen LogP contribution in [0.2, 0.25) is 0 Å². The van der Waals surface area contributed by atoms with Gasteiger partial charge in [-0.25, -0.2) is 9.97 Å². The second-order valence-electron chi connectivity index (χ2n) is 6.87. The minimum Gasteiger partial charge on any atom is -0.488 e. The van der Waals surface area contributed by atoms with Gasteiger partial charge in [0.15, 0.2) is 5.65 Å². The van der Waals surface area contributed by atoms with Crippen LogP contribution in [-0.4, -0.2) is 20.1 Å². The fourth-order valence-electron chi connectivity index (χ4n) is 2.33. The molecule has 0 amide bonds. The molecule has 2 aromatic heterocycles. The summed E-state index contributed by atoms with van der Waals surface area (Å²) in [5.41, 5.74) is -1.36. The summed E-state index contributed by atoms with van der Waals surface area (Å²) in [4.78, 5) is 7.16. The Balaban J connectivity index is 0.000000878. The lowest BCUT2D eigenvalue weighted by molar-refractivity contribution is -0.141. The predicted octanol–water partition coefficient (Wildman–Crippen LogP) is 5.95. The Morgan fingerprint density at radius 1 is 1.00 bits per heavy atom. The first-order chi connectivity index (χ1) is 13.0. The summed E-state index contributed by atoms with van der Waals surface area (Å²) in [6.07, 6.45) is -3.81. The summed E-state index contributed by atoms with van der Waals surface area (Å²) in [7, 11) is 0. The first-order valence-electron chi connectivity index (χ1n) is 8.45. The third-order valence-corrected chi connectivity index (χ3v) is 3.27. The molecule has 0 unspecified atom stereocenters. The SMILES string of the molecule is C=CC.CC(C)(C)Oc1ccc(-n2c(F)nc3ccc(C(F)(F)F)nc32)cc1. The lowest BCUT2D eigenvalue weighted by Crippen LogP contribution is -2.22. The normalized spacial score (nSPS) is 11.7. The molecule has 8 heteroatoms. The van der Waals surface area contributed by atoms with Crippen LogP contribution < -0.4 is 4.74 Å². The Hall–Kier alpha value is -2.90. The maximum absolute atomic E-state index is 14.2. The molecule has 4 nitrogen and oxygen atoms in total. The van der Waals surface area contributed by atoms with E-state index >= 15 is 0 Å². The largest absolute Gasteiger partial charge is 0.488 e. The number of hydrogen-bond acceptors (Lipinski definition) is 3. The molecular formula is C20H21F4N3O. The minimum atomic E-state index is -4.62. The molecule has 150 valence electrons. The van der Waals surface area contributed by atoms with Gasteiger partial charge in [-0.3, -0.25) is 4.57 Å². The van der Waals surface area contributed by atoms with Crippen LogP contribution >= 0.6 is 0 Å². The molecular weight excluding hydrogens is 374 g/mol. The summed E-state index contributed by atoms with van der Waals surface area (Å²) >= 11 is 0. The van der Waals surface area contributed by atoms with Crippen molar-refractivity contribution in [3.8, 4) is 11.4 Å². The van der Waals surface area contributed by atoms with E-state index in [2.05, 4.69) is 16.5 Å². The Bertz CT molecular complexity index is 954. The van der Waals surface area contributed by atoms with Gasteiger partial charge in [-0.15, -0.1) is 6.58 Å². The van der Waals surface area contributed by atoms with Gasteiger partial charge in [0.25, 0.3) is 6.08 Å². The highest BCUT2D eigenvalue weighted by molar-refractivity contribution is 5.73. The number of fused-ring (bicyclic) bond motifs is 1. The molecule has 0 saturated carbocycles. The Kier molecular flexibility index (Phi) is 6.11. The second-order valence-corrected chi connectivity index (χ2v) is 6.87. The Morgan fingerprint density at radius 2 is 1.57 bits per heavy atom. The van der Waals surface area contributed by atoms with Crippen LogP contribution in [0.25, 0.3) is 16.9 Å². The van der Waals surface area contributed by atoms with E-state index < -0.39 is 23.5 Å². The minimum absolute atomic E-state index is 0.0421. The molecule has 3 rings (SSSR count). The fourth-order valence-corrected chi connectivity index (χ4v) is 2.33. The molecule has 28 heavy (non-hydrogen) atoms. The quantitative estimate of drug-likeness (QED) is 0.398. The van der Waals surface area contributed by atoms with Gasteiger partial charge in [0, 0.05) is 0 Å². The smallest absolute Gasteiger partial charge is 0.433 e. The van der Waals surface area contributed by atoms with Crippen LogP contribution in [0.15, 0.2) is 49.1 Å². The molecule has 3 aromatic rings. The average Bonchev–Trinajstić information content (AvgIpc) is 2.89. The highest BCUT2D eigenvalue weighted by Crippen LogP contribution is 2.30. The van der Waals surface area contributed by atoms with E-state index in [1.165, 1.54) is 12.1 Å². The molecule has 0 fully saturated rings. The number of pyridine rings is 1. The number of allylic oxidation sites excluding steroid dienone is 1. The number of ether oxygens (including phenoxy) is 1. The van der Waals surface area contributed by atoms with Crippen molar-refractivity contribution < 1.29 is 22.3 Å². The predicted molar refractivity (Wildman–Crippen MR) is 100 cm³/mol. The van der Waals surface area contributed by atoms with Crippen molar-refractivity contribution in [2.24, 2.45) is 0 Å². The molecule has 0 atom stereocenters. The Labute approximate surface area is 160 Å². The molecule has 0 saturated heterocycles. The number of rotatable bonds is 2. The molecule has 0 spiro atoms. The maximum atomic E-state index is 14.2. The van der Waals surface area contributed by atoms with Gasteiger partial charge in [0.1, 0.15) is 22.6 Å². The van der Waals surface area contributed by atoms with Crippen LogP contribution in [0.1, 0.15) is 33.4 Å². The first-order valence-corrected chi connectivity index (χ1v) is 8.45. The van der Waals surface area contributed by atoms with Crippen molar-refractivity contribution in [2.75, 3.05) is 0 Å². The van der Waals surface area contributed by atoms with Crippen molar-refractivity contribution in [1.29, 1.82) is 0 Å². The van der Waals surface area contributed by atoms with E-state index in [0.29, 0.717) is 11.4 Å². The second kappa shape index (κ2) is 8.00. The average molecular weight is 395 g/mol. The number of aromatic nitrogens is 3. The third kappa shape index (κ3) is 5.09. The molecule has 0 aliphatic carbocycles. The van der Waals surface area contributed by atoms with Crippen molar-refractivity contribution in [2.45, 2.75) is 39.5 Å². The van der Waals surface area contributed by atoms with Crippen molar-refractivity contribution in [3.63, 3.8) is 0 Å². The van der Waals surface area contributed by atoms with Gasteiger partial charge in [0.2, 0.25) is 0 Å². The number of alkyl halides is 3. The van der Waals surface area contributed by atoms with Gasteiger partial charge in [-0.1, -0.05) is 6.08 Å². The van der Waals surface area contributed by atoms with Gasteiger partial charge in [-0.05, 0) is 64.1 Å². The van der Waals surface area contributed by atoms with Crippen LogP contribution in [-0.2, 0) is 6.18 Å². The van der Waals surface area contributed by atoms with Gasteiger partial charge < -0.3 is 4.74 Å². The number of benzene rings is 1. The topological polar surface area (TPSA) is 39.9 Å². The molecule has 0 N–H and O–H groups in total. The molecule has 0 aliphatic rings. The van der Waals surface area contributed by atoms with E-state index in [1.807, 2.05) is 27.7 Å².